The lowest BCUT2D eigenvalue weighted by Crippen LogP contribution is -2.39. The molecule has 20 heavy (non-hydrogen) atoms. The van der Waals surface area contributed by atoms with E-state index in [0.717, 1.165) is 25.9 Å². The summed E-state index contributed by atoms with van der Waals surface area (Å²) in [4.78, 5) is 24.3. The summed E-state index contributed by atoms with van der Waals surface area (Å²) in [6.07, 6.45) is 2.08. The van der Waals surface area contributed by atoms with Crippen LogP contribution in [0.4, 0.5) is 5.69 Å². The number of piperidine rings is 1. The maximum absolute atomic E-state index is 12.3. The van der Waals surface area contributed by atoms with Crippen molar-refractivity contribution in [1.29, 1.82) is 0 Å². The van der Waals surface area contributed by atoms with Crippen molar-refractivity contribution < 1.29 is 9.72 Å². The Morgan fingerprint density at radius 1 is 1.25 bits per heavy atom. The van der Waals surface area contributed by atoms with Crippen LogP contribution in [0.25, 0.3) is 0 Å². The Hall–Kier alpha value is -1.91. The SMILES string of the molecule is CC(C)C1CCN(C(=O)c2ccc([N+](=O)[O-])cc2)CC1. The van der Waals surface area contributed by atoms with E-state index in [-0.39, 0.29) is 11.6 Å². The van der Waals surface area contributed by atoms with Gasteiger partial charge in [0, 0.05) is 30.8 Å². The van der Waals surface area contributed by atoms with E-state index in [0.29, 0.717) is 17.4 Å². The summed E-state index contributed by atoms with van der Waals surface area (Å²) in [6, 6.07) is 5.84. The van der Waals surface area contributed by atoms with Gasteiger partial charge in [-0.1, -0.05) is 13.8 Å². The molecular weight excluding hydrogens is 256 g/mol. The van der Waals surface area contributed by atoms with Crippen molar-refractivity contribution in [3.05, 3.63) is 39.9 Å². The maximum atomic E-state index is 12.3. The number of carbonyl (C=O) groups excluding carboxylic acids is 1. The van der Waals surface area contributed by atoms with Gasteiger partial charge in [-0.15, -0.1) is 0 Å². The third kappa shape index (κ3) is 3.15. The first-order valence-corrected chi connectivity index (χ1v) is 7.02. The van der Waals surface area contributed by atoms with Gasteiger partial charge >= 0.3 is 0 Å². The number of amides is 1. The van der Waals surface area contributed by atoms with Crippen LogP contribution in [0.5, 0.6) is 0 Å². The molecule has 0 saturated carbocycles. The number of carbonyl (C=O) groups is 1. The minimum Gasteiger partial charge on any atom is -0.339 e. The summed E-state index contributed by atoms with van der Waals surface area (Å²) < 4.78 is 0. The number of nitro benzene ring substituents is 1. The molecule has 1 aliphatic heterocycles. The van der Waals surface area contributed by atoms with Gasteiger partial charge in [-0.25, -0.2) is 0 Å². The number of nitrogens with zero attached hydrogens (tertiary/aromatic N) is 2. The van der Waals surface area contributed by atoms with Crippen LogP contribution >= 0.6 is 0 Å². The highest BCUT2D eigenvalue weighted by molar-refractivity contribution is 5.94. The topological polar surface area (TPSA) is 63.5 Å². The molecule has 1 aliphatic rings. The molecular formula is C15H20N2O3. The lowest BCUT2D eigenvalue weighted by Gasteiger charge is -2.33. The molecule has 1 amide bonds. The van der Waals surface area contributed by atoms with E-state index in [4.69, 9.17) is 0 Å². The third-order valence-electron chi connectivity index (χ3n) is 4.09. The van der Waals surface area contributed by atoms with Crippen LogP contribution in [0.1, 0.15) is 37.0 Å². The van der Waals surface area contributed by atoms with Gasteiger partial charge in [0.15, 0.2) is 0 Å². The quantitative estimate of drug-likeness (QED) is 0.629. The number of rotatable bonds is 3. The number of nitro groups is 1. The Balaban J connectivity index is 2.00. The zero-order valence-corrected chi connectivity index (χ0v) is 11.9. The van der Waals surface area contributed by atoms with E-state index >= 15 is 0 Å². The fourth-order valence-corrected chi connectivity index (χ4v) is 2.68. The van der Waals surface area contributed by atoms with E-state index < -0.39 is 4.92 Å². The summed E-state index contributed by atoms with van der Waals surface area (Å²) in [7, 11) is 0. The van der Waals surface area contributed by atoms with Gasteiger partial charge < -0.3 is 4.90 Å². The molecule has 1 fully saturated rings. The summed E-state index contributed by atoms with van der Waals surface area (Å²) in [5.41, 5.74) is 0.540. The lowest BCUT2D eigenvalue weighted by atomic mass is 9.86. The first-order chi connectivity index (χ1) is 9.49. The Labute approximate surface area is 118 Å². The normalized spacial score (nSPS) is 16.4. The molecule has 2 rings (SSSR count). The van der Waals surface area contributed by atoms with Crippen LogP contribution in [-0.2, 0) is 0 Å². The molecule has 5 heteroatoms. The van der Waals surface area contributed by atoms with Crippen LogP contribution < -0.4 is 0 Å². The maximum Gasteiger partial charge on any atom is 0.269 e. The van der Waals surface area contributed by atoms with Crippen molar-refractivity contribution in [2.75, 3.05) is 13.1 Å². The predicted octanol–water partition coefficient (Wildman–Crippen LogP) is 3.10. The van der Waals surface area contributed by atoms with Crippen LogP contribution in [0.15, 0.2) is 24.3 Å². The van der Waals surface area contributed by atoms with Crippen molar-refractivity contribution in [2.24, 2.45) is 11.8 Å². The summed E-state index contributed by atoms with van der Waals surface area (Å²) in [5.74, 6) is 1.32. The summed E-state index contributed by atoms with van der Waals surface area (Å²) >= 11 is 0. The highest BCUT2D eigenvalue weighted by atomic mass is 16.6. The highest BCUT2D eigenvalue weighted by Crippen LogP contribution is 2.25. The fraction of sp³-hybridized carbons (Fsp3) is 0.533. The Morgan fingerprint density at radius 3 is 2.25 bits per heavy atom. The van der Waals surface area contributed by atoms with E-state index in [9.17, 15) is 14.9 Å². The van der Waals surface area contributed by atoms with Crippen molar-refractivity contribution in [3.63, 3.8) is 0 Å². The average Bonchev–Trinajstić information content (AvgIpc) is 2.46. The first kappa shape index (κ1) is 14.5. The third-order valence-corrected chi connectivity index (χ3v) is 4.09. The lowest BCUT2D eigenvalue weighted by molar-refractivity contribution is -0.384. The van der Waals surface area contributed by atoms with Gasteiger partial charge in [0.25, 0.3) is 11.6 Å². The zero-order valence-electron chi connectivity index (χ0n) is 11.9. The monoisotopic (exact) mass is 276 g/mol. The molecule has 0 N–H and O–H groups in total. The molecule has 1 saturated heterocycles. The van der Waals surface area contributed by atoms with E-state index in [2.05, 4.69) is 13.8 Å². The number of hydrogen-bond acceptors (Lipinski definition) is 3. The minimum atomic E-state index is -0.456. The minimum absolute atomic E-state index is 0.0139. The Kier molecular flexibility index (Phi) is 4.37. The molecule has 0 spiro atoms. The number of benzene rings is 1. The molecule has 1 heterocycles. The largest absolute Gasteiger partial charge is 0.339 e. The Morgan fingerprint density at radius 2 is 1.80 bits per heavy atom. The standard InChI is InChI=1S/C15H20N2O3/c1-11(2)12-7-9-16(10-8-12)15(18)13-3-5-14(6-4-13)17(19)20/h3-6,11-12H,7-10H2,1-2H3. The number of non-ortho nitro benzene ring substituents is 1. The number of likely N-dealkylation sites (tertiary alicyclic amines) is 1. The fourth-order valence-electron chi connectivity index (χ4n) is 2.68. The Bertz CT molecular complexity index is 488. The molecule has 1 aromatic carbocycles. The van der Waals surface area contributed by atoms with Crippen LogP contribution in [0.3, 0.4) is 0 Å². The van der Waals surface area contributed by atoms with Gasteiger partial charge in [0.05, 0.1) is 4.92 Å². The molecule has 1 aromatic rings. The van der Waals surface area contributed by atoms with Crippen LogP contribution in [0.2, 0.25) is 0 Å². The number of hydrogen-bond donors (Lipinski definition) is 0. The van der Waals surface area contributed by atoms with Gasteiger partial charge in [-0.2, -0.15) is 0 Å². The second-order valence-electron chi connectivity index (χ2n) is 5.68. The molecule has 108 valence electrons. The smallest absolute Gasteiger partial charge is 0.269 e. The van der Waals surface area contributed by atoms with Crippen LogP contribution in [0, 0.1) is 22.0 Å². The summed E-state index contributed by atoms with van der Waals surface area (Å²) in [6.45, 7) is 5.99. The van der Waals surface area contributed by atoms with Gasteiger partial charge in [0.2, 0.25) is 0 Å². The highest BCUT2D eigenvalue weighted by Gasteiger charge is 2.25. The summed E-state index contributed by atoms with van der Waals surface area (Å²) in [5, 5.41) is 10.6. The second kappa shape index (κ2) is 6.03. The van der Waals surface area contributed by atoms with Crippen molar-refractivity contribution in [3.8, 4) is 0 Å². The van der Waals surface area contributed by atoms with Crippen LogP contribution in [-0.4, -0.2) is 28.8 Å². The van der Waals surface area contributed by atoms with Crippen molar-refractivity contribution in [2.45, 2.75) is 26.7 Å². The van der Waals surface area contributed by atoms with E-state index in [1.807, 2.05) is 4.90 Å². The second-order valence-corrected chi connectivity index (χ2v) is 5.68. The first-order valence-electron chi connectivity index (χ1n) is 7.02. The van der Waals surface area contributed by atoms with E-state index in [1.165, 1.54) is 24.3 Å². The zero-order chi connectivity index (χ0) is 14.7. The molecule has 0 aliphatic carbocycles. The van der Waals surface area contributed by atoms with Gasteiger partial charge in [0.1, 0.15) is 0 Å². The molecule has 5 nitrogen and oxygen atoms in total. The van der Waals surface area contributed by atoms with Gasteiger partial charge in [-0.05, 0) is 36.8 Å². The molecule has 0 bridgehead atoms. The van der Waals surface area contributed by atoms with Crippen molar-refractivity contribution in [1.82, 2.24) is 4.90 Å². The average molecular weight is 276 g/mol. The molecule has 0 unspecified atom stereocenters. The van der Waals surface area contributed by atoms with Crippen molar-refractivity contribution >= 4 is 11.6 Å². The van der Waals surface area contributed by atoms with E-state index in [1.54, 1.807) is 0 Å². The predicted molar refractivity (Wildman–Crippen MR) is 76.6 cm³/mol. The molecule has 0 aromatic heterocycles. The van der Waals surface area contributed by atoms with Gasteiger partial charge in [-0.3, -0.25) is 14.9 Å². The molecule has 0 atom stereocenters. The molecule has 0 radical (unpaired) electrons.